The predicted molar refractivity (Wildman–Crippen MR) is 73.8 cm³/mol. The lowest BCUT2D eigenvalue weighted by Gasteiger charge is -2.09. The van der Waals surface area contributed by atoms with Gasteiger partial charge in [0.05, 0.1) is 24.0 Å². The van der Waals surface area contributed by atoms with Gasteiger partial charge in [0.25, 0.3) is 0 Å². The maximum atomic E-state index is 6.20. The summed E-state index contributed by atoms with van der Waals surface area (Å²) < 4.78 is 7.09. The highest BCUT2D eigenvalue weighted by molar-refractivity contribution is 6.33. The van der Waals surface area contributed by atoms with Crippen molar-refractivity contribution in [2.45, 2.75) is 6.54 Å². The van der Waals surface area contributed by atoms with Crippen LogP contribution in [0.25, 0.3) is 11.3 Å². The molecule has 0 aliphatic heterocycles. The molecule has 0 saturated heterocycles. The normalized spacial score (nSPS) is 10.3. The molecule has 2 N–H and O–H groups in total. The van der Waals surface area contributed by atoms with Gasteiger partial charge in [-0.3, -0.25) is 0 Å². The topological polar surface area (TPSA) is 53.1 Å². The lowest BCUT2D eigenvalue weighted by Crippen LogP contribution is -2.00. The maximum absolute atomic E-state index is 6.20. The van der Waals surface area contributed by atoms with Crippen molar-refractivity contribution in [1.82, 2.24) is 9.55 Å². The van der Waals surface area contributed by atoms with E-state index in [1.807, 2.05) is 12.1 Å². The molecule has 0 atom stereocenters. The first-order valence-electron chi connectivity index (χ1n) is 5.43. The van der Waals surface area contributed by atoms with Gasteiger partial charge >= 0.3 is 0 Å². The molecule has 0 radical (unpaired) electrons. The van der Waals surface area contributed by atoms with Crippen molar-refractivity contribution in [3.05, 3.63) is 42.2 Å². The van der Waals surface area contributed by atoms with Gasteiger partial charge in [-0.25, -0.2) is 4.98 Å². The summed E-state index contributed by atoms with van der Waals surface area (Å²) in [6.07, 6.45) is 3.42. The summed E-state index contributed by atoms with van der Waals surface area (Å²) in [5.41, 5.74) is 7.39. The average Bonchev–Trinajstić information content (AvgIpc) is 2.71. The molecule has 1 aromatic heterocycles. The Labute approximate surface area is 111 Å². The minimum absolute atomic E-state index is 0.543. The van der Waals surface area contributed by atoms with Crippen molar-refractivity contribution in [1.29, 1.82) is 0 Å². The molecule has 0 aliphatic rings. The summed E-state index contributed by atoms with van der Waals surface area (Å²) in [6, 6.07) is 5.43. The van der Waals surface area contributed by atoms with Gasteiger partial charge in [0.2, 0.25) is 0 Å². The number of hydrogen-bond donors (Lipinski definition) is 1. The van der Waals surface area contributed by atoms with E-state index in [1.165, 1.54) is 0 Å². The van der Waals surface area contributed by atoms with Crippen LogP contribution in [0.1, 0.15) is 0 Å². The Morgan fingerprint density at radius 2 is 2.33 bits per heavy atom. The number of aromatic nitrogens is 2. The average molecular weight is 264 g/mol. The van der Waals surface area contributed by atoms with Crippen LogP contribution in [-0.4, -0.2) is 16.7 Å². The molecule has 0 fully saturated rings. The fraction of sp³-hybridized carbons (Fsp3) is 0.154. The van der Waals surface area contributed by atoms with E-state index in [-0.39, 0.29) is 0 Å². The Hall–Kier alpha value is -1.94. The van der Waals surface area contributed by atoms with Crippen LogP contribution in [0.3, 0.4) is 0 Å². The standard InChI is InChI=1S/C13H14ClN3O/c1-3-7-17-8-16-12(13(17)15)11-9(14)5-4-6-10(11)18-2/h3-6,8H,1,7,15H2,2H3. The van der Waals surface area contributed by atoms with E-state index in [0.29, 0.717) is 34.4 Å². The van der Waals surface area contributed by atoms with Gasteiger partial charge in [-0.2, -0.15) is 0 Å². The zero-order chi connectivity index (χ0) is 13.1. The molecule has 4 nitrogen and oxygen atoms in total. The predicted octanol–water partition coefficient (Wildman–Crippen LogP) is 2.98. The van der Waals surface area contributed by atoms with Gasteiger partial charge in [0.15, 0.2) is 0 Å². The minimum atomic E-state index is 0.543. The van der Waals surface area contributed by atoms with Crippen molar-refractivity contribution in [3.63, 3.8) is 0 Å². The van der Waals surface area contributed by atoms with Crippen molar-refractivity contribution in [3.8, 4) is 17.0 Å². The van der Waals surface area contributed by atoms with Crippen molar-refractivity contribution in [2.75, 3.05) is 12.8 Å². The number of methoxy groups -OCH3 is 1. The van der Waals surface area contributed by atoms with E-state index in [2.05, 4.69) is 11.6 Å². The number of allylic oxidation sites excluding steroid dienone is 1. The highest BCUT2D eigenvalue weighted by Gasteiger charge is 2.16. The second-order valence-corrected chi connectivity index (χ2v) is 4.14. The molecule has 1 aromatic carbocycles. The van der Waals surface area contributed by atoms with Crippen molar-refractivity contribution < 1.29 is 4.74 Å². The zero-order valence-corrected chi connectivity index (χ0v) is 10.8. The summed E-state index contributed by atoms with van der Waals surface area (Å²) in [6.45, 7) is 4.28. The van der Waals surface area contributed by atoms with Gasteiger partial charge in [-0.15, -0.1) is 6.58 Å². The Morgan fingerprint density at radius 3 is 3.00 bits per heavy atom. The molecule has 94 valence electrons. The summed E-state index contributed by atoms with van der Waals surface area (Å²) in [5.74, 6) is 1.19. The lowest BCUT2D eigenvalue weighted by molar-refractivity contribution is 0.416. The third-order valence-corrected chi connectivity index (χ3v) is 2.95. The number of rotatable bonds is 4. The Balaban J connectivity index is 2.58. The number of hydrogen-bond acceptors (Lipinski definition) is 3. The number of anilines is 1. The fourth-order valence-electron chi connectivity index (χ4n) is 1.77. The highest BCUT2D eigenvalue weighted by atomic mass is 35.5. The van der Waals surface area contributed by atoms with Crippen LogP contribution in [0.4, 0.5) is 5.82 Å². The molecule has 0 saturated carbocycles. The summed E-state index contributed by atoms with van der Waals surface area (Å²) in [4.78, 5) is 4.30. The van der Waals surface area contributed by atoms with Crippen molar-refractivity contribution in [2.24, 2.45) is 0 Å². The summed E-state index contributed by atoms with van der Waals surface area (Å²) >= 11 is 6.20. The van der Waals surface area contributed by atoms with Crippen LogP contribution in [-0.2, 0) is 6.54 Å². The maximum Gasteiger partial charge on any atom is 0.132 e. The first kappa shape index (κ1) is 12.5. The third kappa shape index (κ3) is 2.07. The van der Waals surface area contributed by atoms with Crippen LogP contribution >= 0.6 is 11.6 Å². The minimum Gasteiger partial charge on any atom is -0.496 e. The number of nitrogen functional groups attached to an aromatic ring is 1. The van der Waals surface area contributed by atoms with Gasteiger partial charge < -0.3 is 15.0 Å². The number of nitrogens with zero attached hydrogens (tertiary/aromatic N) is 2. The van der Waals surface area contributed by atoms with Crippen LogP contribution in [0, 0.1) is 0 Å². The number of benzene rings is 1. The molecule has 0 unspecified atom stereocenters. The van der Waals surface area contributed by atoms with Gasteiger partial charge in [0.1, 0.15) is 17.3 Å². The molecule has 2 rings (SSSR count). The molecule has 0 aliphatic carbocycles. The summed E-state index contributed by atoms with van der Waals surface area (Å²) in [7, 11) is 1.59. The second-order valence-electron chi connectivity index (χ2n) is 3.74. The van der Waals surface area contributed by atoms with E-state index in [1.54, 1.807) is 30.1 Å². The van der Waals surface area contributed by atoms with Crippen LogP contribution < -0.4 is 10.5 Å². The molecule has 18 heavy (non-hydrogen) atoms. The van der Waals surface area contributed by atoms with Crippen LogP contribution in [0.5, 0.6) is 5.75 Å². The van der Waals surface area contributed by atoms with E-state index < -0.39 is 0 Å². The number of halogens is 1. The Kier molecular flexibility index (Phi) is 3.58. The number of ether oxygens (including phenoxy) is 1. The van der Waals surface area contributed by atoms with Gasteiger partial charge in [-0.1, -0.05) is 23.7 Å². The number of nitrogens with two attached hydrogens (primary N) is 1. The molecule has 0 amide bonds. The zero-order valence-electron chi connectivity index (χ0n) is 10.1. The quantitative estimate of drug-likeness (QED) is 0.863. The third-order valence-electron chi connectivity index (χ3n) is 2.64. The largest absolute Gasteiger partial charge is 0.496 e. The van der Waals surface area contributed by atoms with E-state index in [4.69, 9.17) is 22.1 Å². The molecule has 0 spiro atoms. The second kappa shape index (κ2) is 5.14. The van der Waals surface area contributed by atoms with Gasteiger partial charge in [0, 0.05) is 6.54 Å². The van der Waals surface area contributed by atoms with E-state index >= 15 is 0 Å². The monoisotopic (exact) mass is 263 g/mol. The Bertz CT molecular complexity index is 578. The fourth-order valence-corrected chi connectivity index (χ4v) is 2.03. The number of imidazole rings is 1. The molecule has 0 bridgehead atoms. The first-order chi connectivity index (χ1) is 8.69. The van der Waals surface area contributed by atoms with E-state index in [9.17, 15) is 0 Å². The SMILES string of the molecule is C=CCn1cnc(-c2c(Cl)cccc2OC)c1N. The lowest BCUT2D eigenvalue weighted by atomic mass is 10.1. The van der Waals surface area contributed by atoms with Crippen LogP contribution in [0.2, 0.25) is 5.02 Å². The molecule has 2 aromatic rings. The highest BCUT2D eigenvalue weighted by Crippen LogP contribution is 2.38. The molecule has 5 heteroatoms. The van der Waals surface area contributed by atoms with E-state index in [0.717, 1.165) is 0 Å². The molecular weight excluding hydrogens is 250 g/mol. The van der Waals surface area contributed by atoms with Gasteiger partial charge in [-0.05, 0) is 12.1 Å². The first-order valence-corrected chi connectivity index (χ1v) is 5.81. The van der Waals surface area contributed by atoms with Crippen molar-refractivity contribution >= 4 is 17.4 Å². The molecule has 1 heterocycles. The van der Waals surface area contributed by atoms with Crippen LogP contribution in [0.15, 0.2) is 37.2 Å². The Morgan fingerprint density at radius 1 is 1.56 bits per heavy atom. The summed E-state index contributed by atoms with van der Waals surface area (Å²) in [5, 5.41) is 0.560. The molecular formula is C13H14ClN3O. The smallest absolute Gasteiger partial charge is 0.132 e.